The van der Waals surface area contributed by atoms with E-state index in [0.717, 1.165) is 11.3 Å². The number of anilines is 1. The molecule has 0 fully saturated rings. The fraction of sp³-hybridized carbons (Fsp3) is 0.300. The van der Waals surface area contributed by atoms with Crippen LogP contribution in [-0.2, 0) is 6.42 Å². The Morgan fingerprint density at radius 1 is 1.25 bits per heavy atom. The molecule has 0 atom stereocenters. The van der Waals surface area contributed by atoms with Crippen molar-refractivity contribution in [3.8, 4) is 0 Å². The maximum Gasteiger partial charge on any atom is 0.0471 e. The zero-order chi connectivity index (χ0) is 8.81. The van der Waals surface area contributed by atoms with Gasteiger partial charge < -0.3 is 10.4 Å². The van der Waals surface area contributed by atoms with Gasteiger partial charge in [-0.1, -0.05) is 12.1 Å². The van der Waals surface area contributed by atoms with Gasteiger partial charge in [0.1, 0.15) is 0 Å². The second kappa shape index (κ2) is 4.78. The molecule has 1 rings (SSSR count). The number of benzene rings is 1. The minimum atomic E-state index is 0.198. The van der Waals surface area contributed by atoms with Crippen LogP contribution in [-0.4, -0.2) is 18.3 Å². The lowest BCUT2D eigenvalue weighted by Gasteiger charge is -2.03. The van der Waals surface area contributed by atoms with Crippen molar-refractivity contribution in [2.45, 2.75) is 6.42 Å². The highest BCUT2D eigenvalue weighted by atomic mass is 16.2. The maximum atomic E-state index is 8.66. The Balaban J connectivity index is 2.58. The summed E-state index contributed by atoms with van der Waals surface area (Å²) in [7, 11) is 0. The molecule has 0 aliphatic rings. The summed E-state index contributed by atoms with van der Waals surface area (Å²) in [5, 5.41) is 11.6. The van der Waals surface area contributed by atoms with Gasteiger partial charge in [0.05, 0.1) is 0 Å². The molecule has 0 aliphatic carbocycles. The van der Waals surface area contributed by atoms with E-state index in [0.29, 0.717) is 13.0 Å². The molecule has 0 saturated heterocycles. The van der Waals surface area contributed by atoms with Gasteiger partial charge in [-0.15, -0.1) is 0 Å². The van der Waals surface area contributed by atoms with E-state index >= 15 is 0 Å². The highest BCUT2D eigenvalue weighted by molar-refractivity contribution is 5.44. The Kier molecular flexibility index (Phi) is 3.61. The minimum absolute atomic E-state index is 0.198. The Labute approximate surface area is 73.2 Å². The lowest BCUT2D eigenvalue weighted by atomic mass is 10.1. The summed E-state index contributed by atoms with van der Waals surface area (Å²) < 4.78 is 0. The van der Waals surface area contributed by atoms with Crippen molar-refractivity contribution < 1.29 is 5.11 Å². The topological polar surface area (TPSA) is 32.3 Å². The summed E-state index contributed by atoms with van der Waals surface area (Å²) in [5.74, 6) is 0. The maximum absolute atomic E-state index is 8.66. The molecule has 64 valence electrons. The molecule has 1 aromatic rings. The van der Waals surface area contributed by atoms with E-state index in [1.54, 1.807) is 0 Å². The Bertz CT molecular complexity index is 193. The standard InChI is InChI=1S/C10H13NO/c1-2-11-10-5-3-9(4-6-10)7-8-12/h1,3-6,11-12H,2,7-8H2. The Morgan fingerprint density at radius 2 is 1.92 bits per heavy atom. The van der Waals surface area contributed by atoms with Crippen LogP contribution in [0.3, 0.4) is 0 Å². The van der Waals surface area contributed by atoms with Crippen molar-refractivity contribution in [2.75, 3.05) is 18.5 Å². The van der Waals surface area contributed by atoms with E-state index in [1.165, 1.54) is 0 Å². The minimum Gasteiger partial charge on any atom is -0.396 e. The van der Waals surface area contributed by atoms with E-state index in [1.807, 2.05) is 24.3 Å². The van der Waals surface area contributed by atoms with Gasteiger partial charge in [0.25, 0.3) is 0 Å². The largest absolute Gasteiger partial charge is 0.396 e. The molecule has 0 aliphatic heterocycles. The molecule has 0 spiro atoms. The van der Waals surface area contributed by atoms with Crippen LogP contribution in [0.4, 0.5) is 5.69 Å². The molecule has 0 bridgehead atoms. The SMILES string of the molecule is [CH]CNc1ccc(CCO)cc1. The first-order valence-corrected chi connectivity index (χ1v) is 4.00. The second-order valence-electron chi connectivity index (χ2n) is 2.55. The molecule has 2 heteroatoms. The summed E-state index contributed by atoms with van der Waals surface area (Å²) in [4.78, 5) is 0. The van der Waals surface area contributed by atoms with Crippen molar-refractivity contribution in [2.24, 2.45) is 0 Å². The van der Waals surface area contributed by atoms with Crippen LogP contribution in [0.15, 0.2) is 24.3 Å². The lowest BCUT2D eigenvalue weighted by Crippen LogP contribution is -1.97. The zero-order valence-electron chi connectivity index (χ0n) is 6.96. The summed E-state index contributed by atoms with van der Waals surface area (Å²) >= 11 is 0. The fourth-order valence-electron chi connectivity index (χ4n) is 1.04. The average molecular weight is 163 g/mol. The van der Waals surface area contributed by atoms with Crippen LogP contribution in [0.1, 0.15) is 5.56 Å². The van der Waals surface area contributed by atoms with Crippen molar-refractivity contribution in [3.05, 3.63) is 36.8 Å². The first-order chi connectivity index (χ1) is 5.86. The van der Waals surface area contributed by atoms with E-state index in [4.69, 9.17) is 12.0 Å². The Hall–Kier alpha value is -1.02. The van der Waals surface area contributed by atoms with Gasteiger partial charge in [0.15, 0.2) is 0 Å². The summed E-state index contributed by atoms with van der Waals surface area (Å²) in [6, 6.07) is 7.87. The van der Waals surface area contributed by atoms with Crippen molar-refractivity contribution >= 4 is 5.69 Å². The highest BCUT2D eigenvalue weighted by Crippen LogP contribution is 2.08. The molecule has 1 aromatic carbocycles. The number of hydrogen-bond donors (Lipinski definition) is 2. The quantitative estimate of drug-likeness (QED) is 0.702. The van der Waals surface area contributed by atoms with Gasteiger partial charge >= 0.3 is 0 Å². The van der Waals surface area contributed by atoms with Gasteiger partial charge in [-0.3, -0.25) is 0 Å². The van der Waals surface area contributed by atoms with Crippen LogP contribution in [0.5, 0.6) is 0 Å². The molecular weight excluding hydrogens is 150 g/mol. The van der Waals surface area contributed by atoms with Gasteiger partial charge in [-0.05, 0) is 31.0 Å². The van der Waals surface area contributed by atoms with Crippen molar-refractivity contribution in [1.82, 2.24) is 0 Å². The van der Waals surface area contributed by atoms with Gasteiger partial charge in [0.2, 0.25) is 0 Å². The predicted molar refractivity (Wildman–Crippen MR) is 50.0 cm³/mol. The average Bonchev–Trinajstić information content (AvgIpc) is 2.09. The zero-order valence-corrected chi connectivity index (χ0v) is 6.96. The normalized spacial score (nSPS) is 9.83. The molecule has 0 saturated carbocycles. The van der Waals surface area contributed by atoms with Crippen LogP contribution in [0.25, 0.3) is 0 Å². The Morgan fingerprint density at radius 3 is 2.42 bits per heavy atom. The summed E-state index contributed by atoms with van der Waals surface area (Å²) in [5.41, 5.74) is 2.15. The van der Waals surface area contributed by atoms with Gasteiger partial charge in [-0.2, -0.15) is 0 Å². The first kappa shape index (κ1) is 9.07. The fourth-order valence-corrected chi connectivity index (χ4v) is 1.04. The molecule has 0 amide bonds. The van der Waals surface area contributed by atoms with E-state index in [9.17, 15) is 0 Å². The van der Waals surface area contributed by atoms with Crippen LogP contribution >= 0.6 is 0 Å². The predicted octanol–water partition coefficient (Wildman–Crippen LogP) is 1.34. The number of aliphatic hydroxyl groups excluding tert-OH is 1. The molecule has 0 heterocycles. The number of hydrogen-bond acceptors (Lipinski definition) is 2. The third kappa shape index (κ3) is 2.55. The molecule has 2 N–H and O–H groups in total. The molecule has 12 heavy (non-hydrogen) atoms. The van der Waals surface area contributed by atoms with E-state index < -0.39 is 0 Å². The molecular formula is C10H13NO. The van der Waals surface area contributed by atoms with Crippen molar-refractivity contribution in [3.63, 3.8) is 0 Å². The van der Waals surface area contributed by atoms with E-state index in [2.05, 4.69) is 5.32 Å². The van der Waals surface area contributed by atoms with Crippen LogP contribution in [0, 0.1) is 6.92 Å². The smallest absolute Gasteiger partial charge is 0.0471 e. The van der Waals surface area contributed by atoms with E-state index in [-0.39, 0.29) is 6.61 Å². The number of aliphatic hydroxyl groups is 1. The molecule has 0 unspecified atom stereocenters. The summed E-state index contributed by atoms with van der Waals surface area (Å²) in [6.07, 6.45) is 0.711. The highest BCUT2D eigenvalue weighted by Gasteiger charge is 1.91. The van der Waals surface area contributed by atoms with Crippen molar-refractivity contribution in [1.29, 1.82) is 0 Å². The van der Waals surface area contributed by atoms with Gasteiger partial charge in [-0.25, -0.2) is 0 Å². The third-order valence-electron chi connectivity index (χ3n) is 1.66. The second-order valence-corrected chi connectivity index (χ2v) is 2.55. The molecule has 0 aromatic heterocycles. The van der Waals surface area contributed by atoms with Gasteiger partial charge in [0, 0.05) is 18.8 Å². The lowest BCUT2D eigenvalue weighted by molar-refractivity contribution is 0.299. The molecule has 2 nitrogen and oxygen atoms in total. The summed E-state index contributed by atoms with van der Waals surface area (Å²) in [6.45, 7) is 5.95. The number of rotatable bonds is 4. The monoisotopic (exact) mass is 163 g/mol. The van der Waals surface area contributed by atoms with Crippen LogP contribution in [0.2, 0.25) is 0 Å². The first-order valence-electron chi connectivity index (χ1n) is 4.00. The number of nitrogens with one attached hydrogen (secondary N) is 1. The third-order valence-corrected chi connectivity index (χ3v) is 1.66. The molecule has 2 radical (unpaired) electrons. The van der Waals surface area contributed by atoms with Crippen LogP contribution < -0.4 is 5.32 Å².